The molecule has 1 amide bonds. The van der Waals surface area contributed by atoms with Crippen molar-refractivity contribution in [2.24, 2.45) is 10.9 Å². The number of carbonyl (C=O) groups excluding carboxylic acids is 1. The molecule has 29 heavy (non-hydrogen) atoms. The van der Waals surface area contributed by atoms with E-state index in [-0.39, 0.29) is 29.9 Å². The molecule has 0 aliphatic carbocycles. The van der Waals surface area contributed by atoms with Gasteiger partial charge in [-0.2, -0.15) is 0 Å². The highest BCUT2D eigenvalue weighted by atomic mass is 127. The average molecular weight is 515 g/mol. The van der Waals surface area contributed by atoms with E-state index in [9.17, 15) is 4.79 Å². The van der Waals surface area contributed by atoms with E-state index >= 15 is 0 Å². The number of hydrogen-bond acceptors (Lipinski definition) is 3. The molecular weight excluding hydrogens is 477 g/mol. The molecule has 164 valence electrons. The maximum absolute atomic E-state index is 11.8. The molecule has 1 aromatic carbocycles. The molecule has 3 N–H and O–H groups in total. The fourth-order valence-electron chi connectivity index (χ4n) is 3.60. The number of rotatable bonds is 8. The third kappa shape index (κ3) is 9.33. The zero-order valence-electron chi connectivity index (χ0n) is 18.3. The standard InChI is InChI=1S/C22H37N5O.HI/c1-5-24-22(26-20-10-13-27(14-11-20)16-17(2)3)25-12-9-18-7-6-8-19(15-18)21(28)23-4;/h6-8,15,17,20H,5,9-14,16H2,1-4H3,(H,23,28)(H2,24,25,26);1H. The molecule has 0 unspecified atom stereocenters. The van der Waals surface area contributed by atoms with Gasteiger partial charge in [-0.1, -0.05) is 26.0 Å². The number of halogens is 1. The lowest BCUT2D eigenvalue weighted by atomic mass is 10.0. The lowest BCUT2D eigenvalue weighted by Crippen LogP contribution is -2.49. The quantitative estimate of drug-likeness (QED) is 0.283. The molecule has 0 spiro atoms. The molecular formula is C22H38IN5O. The maximum atomic E-state index is 11.8. The van der Waals surface area contributed by atoms with Gasteiger partial charge in [0.05, 0.1) is 0 Å². The number of amides is 1. The smallest absolute Gasteiger partial charge is 0.251 e. The van der Waals surface area contributed by atoms with Crippen molar-refractivity contribution < 1.29 is 4.79 Å². The van der Waals surface area contributed by atoms with Crippen LogP contribution in [-0.2, 0) is 6.42 Å². The number of likely N-dealkylation sites (tertiary alicyclic amines) is 1. The number of carbonyl (C=O) groups is 1. The topological polar surface area (TPSA) is 68.8 Å². The Morgan fingerprint density at radius 3 is 2.62 bits per heavy atom. The Bertz CT molecular complexity index is 642. The van der Waals surface area contributed by atoms with E-state index in [1.807, 2.05) is 24.3 Å². The molecule has 2 rings (SSSR count). The summed E-state index contributed by atoms with van der Waals surface area (Å²) in [6.45, 7) is 11.7. The summed E-state index contributed by atoms with van der Waals surface area (Å²) in [6.07, 6.45) is 3.13. The summed E-state index contributed by atoms with van der Waals surface area (Å²) in [7, 11) is 1.65. The SMILES string of the molecule is CCNC(=NCCc1cccc(C(=O)NC)c1)NC1CCN(CC(C)C)CC1.I. The highest BCUT2D eigenvalue weighted by Gasteiger charge is 2.20. The van der Waals surface area contributed by atoms with Crippen LogP contribution < -0.4 is 16.0 Å². The van der Waals surface area contributed by atoms with Crippen LogP contribution in [-0.4, -0.2) is 62.6 Å². The fraction of sp³-hybridized carbons (Fsp3) is 0.636. The van der Waals surface area contributed by atoms with E-state index in [0.29, 0.717) is 18.2 Å². The Balaban J connectivity index is 0.00000420. The van der Waals surface area contributed by atoms with Gasteiger partial charge in [-0.3, -0.25) is 9.79 Å². The molecule has 1 aliphatic rings. The number of guanidine groups is 1. The van der Waals surface area contributed by atoms with Crippen molar-refractivity contribution in [3.63, 3.8) is 0 Å². The first kappa shape index (κ1) is 25.7. The summed E-state index contributed by atoms with van der Waals surface area (Å²) >= 11 is 0. The largest absolute Gasteiger partial charge is 0.357 e. The molecule has 1 saturated heterocycles. The van der Waals surface area contributed by atoms with Crippen molar-refractivity contribution in [1.82, 2.24) is 20.9 Å². The number of hydrogen-bond donors (Lipinski definition) is 3. The molecule has 0 aromatic heterocycles. The van der Waals surface area contributed by atoms with E-state index < -0.39 is 0 Å². The summed E-state index contributed by atoms with van der Waals surface area (Å²) in [5, 5.41) is 9.63. The molecule has 0 saturated carbocycles. The lowest BCUT2D eigenvalue weighted by Gasteiger charge is -2.34. The van der Waals surface area contributed by atoms with Crippen LogP contribution in [0.4, 0.5) is 0 Å². The van der Waals surface area contributed by atoms with Crippen molar-refractivity contribution in [3.05, 3.63) is 35.4 Å². The normalized spacial score (nSPS) is 15.7. The van der Waals surface area contributed by atoms with E-state index in [0.717, 1.165) is 56.3 Å². The Morgan fingerprint density at radius 1 is 1.28 bits per heavy atom. The fourth-order valence-corrected chi connectivity index (χ4v) is 3.60. The van der Waals surface area contributed by atoms with Crippen LogP contribution in [0.15, 0.2) is 29.3 Å². The Kier molecular flexibility index (Phi) is 12.2. The van der Waals surface area contributed by atoms with Gasteiger partial charge in [0.15, 0.2) is 5.96 Å². The van der Waals surface area contributed by atoms with Gasteiger partial charge in [-0.05, 0) is 49.8 Å². The van der Waals surface area contributed by atoms with Gasteiger partial charge in [0.25, 0.3) is 5.91 Å². The second-order valence-corrected chi connectivity index (χ2v) is 7.90. The van der Waals surface area contributed by atoms with Crippen LogP contribution >= 0.6 is 24.0 Å². The van der Waals surface area contributed by atoms with Crippen molar-refractivity contribution in [3.8, 4) is 0 Å². The average Bonchev–Trinajstić information content (AvgIpc) is 2.69. The Morgan fingerprint density at radius 2 is 2.00 bits per heavy atom. The summed E-state index contributed by atoms with van der Waals surface area (Å²) in [5.41, 5.74) is 1.82. The second kappa shape index (κ2) is 13.8. The van der Waals surface area contributed by atoms with Crippen molar-refractivity contribution in [2.45, 2.75) is 46.1 Å². The number of piperidine rings is 1. The zero-order chi connectivity index (χ0) is 20.4. The van der Waals surface area contributed by atoms with Crippen LogP contribution in [0.2, 0.25) is 0 Å². The van der Waals surface area contributed by atoms with E-state index in [2.05, 4.69) is 41.6 Å². The predicted molar refractivity (Wildman–Crippen MR) is 132 cm³/mol. The minimum Gasteiger partial charge on any atom is -0.357 e. The van der Waals surface area contributed by atoms with Crippen LogP contribution in [0.5, 0.6) is 0 Å². The number of benzene rings is 1. The first-order valence-electron chi connectivity index (χ1n) is 10.6. The minimum atomic E-state index is -0.0517. The molecule has 1 heterocycles. The van der Waals surface area contributed by atoms with Crippen molar-refractivity contribution >= 4 is 35.8 Å². The van der Waals surface area contributed by atoms with E-state index in [1.54, 1.807) is 7.05 Å². The zero-order valence-corrected chi connectivity index (χ0v) is 20.7. The van der Waals surface area contributed by atoms with Gasteiger partial charge in [-0.25, -0.2) is 0 Å². The van der Waals surface area contributed by atoms with Crippen molar-refractivity contribution in [2.75, 3.05) is 39.8 Å². The van der Waals surface area contributed by atoms with Gasteiger partial charge in [0, 0.05) is 51.4 Å². The van der Waals surface area contributed by atoms with Crippen LogP contribution in [0.25, 0.3) is 0 Å². The molecule has 0 bridgehead atoms. The summed E-state index contributed by atoms with van der Waals surface area (Å²) < 4.78 is 0. The molecule has 0 atom stereocenters. The molecule has 1 aromatic rings. The van der Waals surface area contributed by atoms with Crippen LogP contribution in [0.3, 0.4) is 0 Å². The Hall–Kier alpha value is -1.35. The van der Waals surface area contributed by atoms with Crippen LogP contribution in [0.1, 0.15) is 49.5 Å². The number of aliphatic imine (C=N–C) groups is 1. The molecule has 6 nitrogen and oxygen atoms in total. The lowest BCUT2D eigenvalue weighted by molar-refractivity contribution is 0.0963. The first-order chi connectivity index (χ1) is 13.5. The van der Waals surface area contributed by atoms with Crippen LogP contribution in [0, 0.1) is 5.92 Å². The molecule has 1 fully saturated rings. The first-order valence-corrected chi connectivity index (χ1v) is 10.6. The third-order valence-electron chi connectivity index (χ3n) is 4.98. The van der Waals surface area contributed by atoms with Gasteiger partial charge in [0.1, 0.15) is 0 Å². The maximum Gasteiger partial charge on any atom is 0.251 e. The summed E-state index contributed by atoms with van der Waals surface area (Å²) in [4.78, 5) is 19.1. The number of nitrogens with zero attached hydrogens (tertiary/aromatic N) is 2. The number of nitrogens with one attached hydrogen (secondary N) is 3. The van der Waals surface area contributed by atoms with Gasteiger partial charge >= 0.3 is 0 Å². The van der Waals surface area contributed by atoms with Crippen molar-refractivity contribution in [1.29, 1.82) is 0 Å². The summed E-state index contributed by atoms with van der Waals surface area (Å²) in [6, 6.07) is 8.24. The van der Waals surface area contributed by atoms with Gasteiger partial charge in [-0.15, -0.1) is 24.0 Å². The van der Waals surface area contributed by atoms with E-state index in [1.165, 1.54) is 6.54 Å². The Labute approximate surface area is 193 Å². The van der Waals surface area contributed by atoms with E-state index in [4.69, 9.17) is 4.99 Å². The van der Waals surface area contributed by atoms with Gasteiger partial charge in [0.2, 0.25) is 0 Å². The highest BCUT2D eigenvalue weighted by molar-refractivity contribution is 14.0. The predicted octanol–water partition coefficient (Wildman–Crippen LogP) is 2.88. The molecule has 7 heteroatoms. The second-order valence-electron chi connectivity index (χ2n) is 7.90. The third-order valence-corrected chi connectivity index (χ3v) is 4.98. The monoisotopic (exact) mass is 515 g/mol. The highest BCUT2D eigenvalue weighted by Crippen LogP contribution is 2.12. The minimum absolute atomic E-state index is 0. The molecule has 0 radical (unpaired) electrons. The molecule has 1 aliphatic heterocycles. The summed E-state index contributed by atoms with van der Waals surface area (Å²) in [5.74, 6) is 1.57. The van der Waals surface area contributed by atoms with Gasteiger partial charge < -0.3 is 20.9 Å².